The van der Waals surface area contributed by atoms with E-state index in [4.69, 9.17) is 9.47 Å². The molecular formula is C16H25NO3. The highest BCUT2D eigenvalue weighted by Gasteiger charge is 2.15. The van der Waals surface area contributed by atoms with Gasteiger partial charge in [0.25, 0.3) is 0 Å². The molecule has 0 aliphatic carbocycles. The van der Waals surface area contributed by atoms with Crippen molar-refractivity contribution in [3.63, 3.8) is 0 Å². The molecule has 0 saturated carbocycles. The molecule has 1 aromatic carbocycles. The Morgan fingerprint density at radius 3 is 2.25 bits per heavy atom. The van der Waals surface area contributed by atoms with E-state index >= 15 is 0 Å². The van der Waals surface area contributed by atoms with Crippen molar-refractivity contribution in [3.05, 3.63) is 23.3 Å². The van der Waals surface area contributed by atoms with Crippen molar-refractivity contribution in [2.75, 3.05) is 14.2 Å². The van der Waals surface area contributed by atoms with Gasteiger partial charge in [-0.2, -0.15) is 0 Å². The van der Waals surface area contributed by atoms with Crippen molar-refractivity contribution in [2.24, 2.45) is 5.92 Å². The van der Waals surface area contributed by atoms with Gasteiger partial charge in [0.2, 0.25) is 5.91 Å². The minimum absolute atomic E-state index is 0.0772. The Labute approximate surface area is 121 Å². The lowest BCUT2D eigenvalue weighted by molar-refractivity contribution is -0.125. The largest absolute Gasteiger partial charge is 0.496 e. The summed E-state index contributed by atoms with van der Waals surface area (Å²) in [6, 6.07) is 3.85. The zero-order chi connectivity index (χ0) is 15.1. The third-order valence-electron chi connectivity index (χ3n) is 3.61. The van der Waals surface area contributed by atoms with Crippen molar-refractivity contribution in [1.82, 2.24) is 5.32 Å². The normalized spacial score (nSPS) is 10.5. The van der Waals surface area contributed by atoms with Crippen molar-refractivity contribution >= 4 is 5.91 Å². The van der Waals surface area contributed by atoms with Gasteiger partial charge in [0.1, 0.15) is 11.5 Å². The molecule has 0 unspecified atom stereocenters. The monoisotopic (exact) mass is 279 g/mol. The van der Waals surface area contributed by atoms with Gasteiger partial charge in [0.15, 0.2) is 0 Å². The van der Waals surface area contributed by atoms with Crippen molar-refractivity contribution in [3.8, 4) is 11.5 Å². The number of carbonyl (C=O) groups excluding carboxylic acids is 1. The summed E-state index contributed by atoms with van der Waals surface area (Å²) in [6.45, 7) is 6.48. The molecule has 20 heavy (non-hydrogen) atoms. The van der Waals surface area contributed by atoms with Gasteiger partial charge in [-0.25, -0.2) is 0 Å². The zero-order valence-corrected chi connectivity index (χ0v) is 13.1. The second kappa shape index (κ2) is 7.78. The van der Waals surface area contributed by atoms with Crippen LogP contribution in [0.1, 0.15) is 37.8 Å². The SMILES string of the molecule is CCC(CC)C(=O)NCc1cc(OC)c(C)cc1OC. The summed E-state index contributed by atoms with van der Waals surface area (Å²) in [5.41, 5.74) is 1.94. The number of amides is 1. The molecule has 0 bridgehead atoms. The lowest BCUT2D eigenvalue weighted by Crippen LogP contribution is -2.29. The van der Waals surface area contributed by atoms with Crippen LogP contribution in [0.3, 0.4) is 0 Å². The lowest BCUT2D eigenvalue weighted by atomic mass is 10.0. The Hall–Kier alpha value is -1.71. The van der Waals surface area contributed by atoms with E-state index in [1.807, 2.05) is 32.9 Å². The molecule has 0 aliphatic heterocycles. The molecule has 0 aliphatic rings. The van der Waals surface area contributed by atoms with E-state index in [0.29, 0.717) is 6.54 Å². The molecular weight excluding hydrogens is 254 g/mol. The number of carbonyl (C=O) groups is 1. The van der Waals surface area contributed by atoms with Gasteiger partial charge in [-0.15, -0.1) is 0 Å². The van der Waals surface area contributed by atoms with Gasteiger partial charge in [-0.1, -0.05) is 13.8 Å². The maximum atomic E-state index is 12.0. The maximum Gasteiger partial charge on any atom is 0.223 e. The molecule has 1 rings (SSSR count). The van der Waals surface area contributed by atoms with Crippen molar-refractivity contribution in [1.29, 1.82) is 0 Å². The van der Waals surface area contributed by atoms with Gasteiger partial charge in [-0.05, 0) is 37.5 Å². The Kier molecular flexibility index (Phi) is 6.36. The van der Waals surface area contributed by atoms with Gasteiger partial charge < -0.3 is 14.8 Å². The number of rotatable bonds is 7. The smallest absolute Gasteiger partial charge is 0.223 e. The number of nitrogens with one attached hydrogen (secondary N) is 1. The average molecular weight is 279 g/mol. The standard InChI is InChI=1S/C16H25NO3/c1-6-12(7-2)16(18)17-10-13-9-14(19-4)11(3)8-15(13)20-5/h8-9,12H,6-7,10H2,1-5H3,(H,17,18). The van der Waals surface area contributed by atoms with E-state index in [9.17, 15) is 4.79 Å². The zero-order valence-electron chi connectivity index (χ0n) is 13.1. The average Bonchev–Trinajstić information content (AvgIpc) is 2.46. The van der Waals surface area contributed by atoms with Gasteiger partial charge in [0.05, 0.1) is 14.2 Å². The highest BCUT2D eigenvalue weighted by atomic mass is 16.5. The Morgan fingerprint density at radius 1 is 1.15 bits per heavy atom. The van der Waals surface area contributed by atoms with Crippen LogP contribution in [0.5, 0.6) is 11.5 Å². The molecule has 0 atom stereocenters. The van der Waals surface area contributed by atoms with Crippen LogP contribution in [0.15, 0.2) is 12.1 Å². The number of benzene rings is 1. The summed E-state index contributed by atoms with van der Waals surface area (Å²) in [6.07, 6.45) is 1.72. The number of aryl methyl sites for hydroxylation is 1. The van der Waals surface area contributed by atoms with Crippen molar-refractivity contribution < 1.29 is 14.3 Å². The van der Waals surface area contributed by atoms with Crippen molar-refractivity contribution in [2.45, 2.75) is 40.2 Å². The fraction of sp³-hybridized carbons (Fsp3) is 0.562. The molecule has 1 amide bonds. The fourth-order valence-electron chi connectivity index (χ4n) is 2.24. The highest BCUT2D eigenvalue weighted by Crippen LogP contribution is 2.28. The Bertz CT molecular complexity index is 453. The van der Waals surface area contributed by atoms with Gasteiger partial charge >= 0.3 is 0 Å². The number of methoxy groups -OCH3 is 2. The molecule has 0 aromatic heterocycles. The van der Waals surface area contributed by atoms with Crippen LogP contribution in [0.25, 0.3) is 0 Å². The predicted molar refractivity (Wildman–Crippen MR) is 80.2 cm³/mol. The number of hydrogen-bond donors (Lipinski definition) is 1. The Morgan fingerprint density at radius 2 is 1.75 bits per heavy atom. The molecule has 0 heterocycles. The Balaban J connectivity index is 2.83. The van der Waals surface area contributed by atoms with Crippen LogP contribution in [0.2, 0.25) is 0 Å². The first-order chi connectivity index (χ1) is 9.57. The van der Waals surface area contributed by atoms with E-state index in [1.54, 1.807) is 14.2 Å². The summed E-state index contributed by atoms with van der Waals surface area (Å²) < 4.78 is 10.7. The van der Waals surface area contributed by atoms with Crippen LogP contribution in [-0.4, -0.2) is 20.1 Å². The van der Waals surface area contributed by atoms with Crippen LogP contribution in [0.4, 0.5) is 0 Å². The second-order valence-corrected chi connectivity index (χ2v) is 4.86. The highest BCUT2D eigenvalue weighted by molar-refractivity contribution is 5.78. The number of hydrogen-bond acceptors (Lipinski definition) is 3. The molecule has 0 fully saturated rings. The van der Waals surface area contributed by atoms with E-state index in [1.165, 1.54) is 0 Å². The molecule has 112 valence electrons. The molecule has 4 heteroatoms. The quantitative estimate of drug-likeness (QED) is 0.834. The van der Waals surface area contributed by atoms with Crippen LogP contribution in [0, 0.1) is 12.8 Å². The third-order valence-corrected chi connectivity index (χ3v) is 3.61. The topological polar surface area (TPSA) is 47.6 Å². The third kappa shape index (κ3) is 3.89. The second-order valence-electron chi connectivity index (χ2n) is 4.86. The van der Waals surface area contributed by atoms with E-state index in [0.717, 1.165) is 35.5 Å². The molecule has 1 aromatic rings. The van der Waals surface area contributed by atoms with Gasteiger partial charge in [-0.3, -0.25) is 4.79 Å². The molecule has 1 N–H and O–H groups in total. The summed E-state index contributed by atoms with van der Waals surface area (Å²) >= 11 is 0. The first-order valence-electron chi connectivity index (χ1n) is 7.06. The summed E-state index contributed by atoms with van der Waals surface area (Å²) in [7, 11) is 3.27. The van der Waals surface area contributed by atoms with Gasteiger partial charge in [0, 0.05) is 18.0 Å². The van der Waals surface area contributed by atoms with Crippen LogP contribution < -0.4 is 14.8 Å². The molecule has 0 saturated heterocycles. The first kappa shape index (κ1) is 16.3. The minimum atomic E-state index is 0.0772. The summed E-state index contributed by atoms with van der Waals surface area (Å²) in [5, 5.41) is 2.97. The molecule has 0 spiro atoms. The van der Waals surface area contributed by atoms with Crippen LogP contribution >= 0.6 is 0 Å². The minimum Gasteiger partial charge on any atom is -0.496 e. The first-order valence-corrected chi connectivity index (χ1v) is 7.06. The summed E-state index contributed by atoms with van der Waals surface area (Å²) in [4.78, 5) is 12.0. The van der Waals surface area contributed by atoms with Crippen LogP contribution in [-0.2, 0) is 11.3 Å². The van der Waals surface area contributed by atoms with E-state index in [2.05, 4.69) is 5.32 Å². The lowest BCUT2D eigenvalue weighted by Gasteiger charge is -2.16. The fourth-order valence-corrected chi connectivity index (χ4v) is 2.24. The van der Waals surface area contributed by atoms with E-state index in [-0.39, 0.29) is 11.8 Å². The molecule has 4 nitrogen and oxygen atoms in total. The maximum absolute atomic E-state index is 12.0. The number of ether oxygens (including phenoxy) is 2. The molecule has 0 radical (unpaired) electrons. The van der Waals surface area contributed by atoms with E-state index < -0.39 is 0 Å². The summed E-state index contributed by atoms with van der Waals surface area (Å²) in [5.74, 6) is 1.75. The predicted octanol–water partition coefficient (Wildman–Crippen LogP) is 3.06.